The van der Waals surface area contributed by atoms with Crippen molar-refractivity contribution < 1.29 is 0 Å². The first-order valence-corrected chi connectivity index (χ1v) is 5.94. The molecule has 1 heterocycles. The van der Waals surface area contributed by atoms with Gasteiger partial charge in [-0.1, -0.05) is 6.42 Å². The molecule has 0 saturated carbocycles. The summed E-state index contributed by atoms with van der Waals surface area (Å²) in [6.07, 6.45) is 7.74. The molecule has 2 unspecified atom stereocenters. The van der Waals surface area contributed by atoms with E-state index in [-0.39, 0.29) is 0 Å². The maximum absolute atomic E-state index is 5.48. The van der Waals surface area contributed by atoms with Crippen LogP contribution in [0.4, 0.5) is 0 Å². The summed E-state index contributed by atoms with van der Waals surface area (Å²) in [5, 5.41) is 3.11. The molecule has 4 nitrogen and oxygen atoms in total. The van der Waals surface area contributed by atoms with E-state index in [0.29, 0.717) is 12.0 Å². The highest BCUT2D eigenvalue weighted by Crippen LogP contribution is 2.18. The maximum Gasteiger partial charge on any atom is 0.106 e. The standard InChI is InChI=1S/C11H24N4/c1-9-7-10(8-15-11(12)13)5-3-2-4-6-14-9/h6,9-11,15H,2-5,7-8,12-13H2,1H3. The maximum atomic E-state index is 5.48. The molecular weight excluding hydrogens is 188 g/mol. The van der Waals surface area contributed by atoms with E-state index >= 15 is 0 Å². The van der Waals surface area contributed by atoms with Crippen LogP contribution in [0.25, 0.3) is 0 Å². The van der Waals surface area contributed by atoms with Crippen LogP contribution in [-0.2, 0) is 0 Å². The third-order valence-corrected chi connectivity index (χ3v) is 2.87. The number of rotatable bonds is 3. The Kier molecular flexibility index (Phi) is 5.83. The Balaban J connectivity index is 2.36. The molecule has 0 aromatic heterocycles. The summed E-state index contributed by atoms with van der Waals surface area (Å²) in [5.74, 6) is 0.657. The average Bonchev–Trinajstić information content (AvgIpc) is 2.27. The lowest BCUT2D eigenvalue weighted by Gasteiger charge is -2.20. The lowest BCUT2D eigenvalue weighted by atomic mass is 9.95. The van der Waals surface area contributed by atoms with Crippen LogP contribution in [0.3, 0.4) is 0 Å². The quantitative estimate of drug-likeness (QED) is 0.606. The minimum atomic E-state index is -0.392. The van der Waals surface area contributed by atoms with Gasteiger partial charge in [0.15, 0.2) is 0 Å². The molecular formula is C11H24N4. The fourth-order valence-corrected chi connectivity index (χ4v) is 2.07. The summed E-state index contributed by atoms with van der Waals surface area (Å²) < 4.78 is 0. The van der Waals surface area contributed by atoms with Crippen LogP contribution in [0.5, 0.6) is 0 Å². The Morgan fingerprint density at radius 3 is 3.00 bits per heavy atom. The summed E-state index contributed by atoms with van der Waals surface area (Å²) in [7, 11) is 0. The molecule has 0 aliphatic carbocycles. The zero-order valence-corrected chi connectivity index (χ0v) is 9.65. The number of nitrogens with one attached hydrogen (secondary N) is 1. The van der Waals surface area contributed by atoms with Crippen LogP contribution >= 0.6 is 0 Å². The largest absolute Gasteiger partial charge is 0.304 e. The molecule has 1 aliphatic heterocycles. The minimum Gasteiger partial charge on any atom is -0.304 e. The fourth-order valence-electron chi connectivity index (χ4n) is 2.07. The van der Waals surface area contributed by atoms with Gasteiger partial charge in [0.25, 0.3) is 0 Å². The van der Waals surface area contributed by atoms with Crippen molar-refractivity contribution in [3.63, 3.8) is 0 Å². The molecule has 1 rings (SSSR count). The van der Waals surface area contributed by atoms with Crippen LogP contribution < -0.4 is 16.8 Å². The summed E-state index contributed by atoms with van der Waals surface area (Å²) in [4.78, 5) is 4.51. The van der Waals surface area contributed by atoms with Crippen molar-refractivity contribution in [2.75, 3.05) is 6.54 Å². The normalized spacial score (nSPS) is 28.5. The van der Waals surface area contributed by atoms with E-state index in [1.807, 2.05) is 0 Å². The highest BCUT2D eigenvalue weighted by Gasteiger charge is 2.13. The molecule has 0 bridgehead atoms. The third kappa shape index (κ3) is 5.87. The smallest absolute Gasteiger partial charge is 0.106 e. The van der Waals surface area contributed by atoms with Crippen LogP contribution in [0.1, 0.15) is 39.0 Å². The second kappa shape index (κ2) is 6.93. The third-order valence-electron chi connectivity index (χ3n) is 2.87. The van der Waals surface area contributed by atoms with Crippen molar-refractivity contribution in [2.24, 2.45) is 22.4 Å². The predicted octanol–water partition coefficient (Wildman–Crippen LogP) is 0.817. The number of hydrogen-bond acceptors (Lipinski definition) is 4. The Labute approximate surface area is 92.5 Å². The molecule has 0 saturated heterocycles. The van der Waals surface area contributed by atoms with Gasteiger partial charge in [-0.25, -0.2) is 0 Å². The van der Waals surface area contributed by atoms with Crippen LogP contribution in [0, 0.1) is 5.92 Å². The molecule has 0 aromatic rings. The van der Waals surface area contributed by atoms with Crippen molar-refractivity contribution in [1.82, 2.24) is 5.32 Å². The van der Waals surface area contributed by atoms with Gasteiger partial charge in [0.2, 0.25) is 0 Å². The molecule has 15 heavy (non-hydrogen) atoms. The Morgan fingerprint density at radius 2 is 2.27 bits per heavy atom. The van der Waals surface area contributed by atoms with Crippen LogP contribution in [0.2, 0.25) is 0 Å². The molecule has 0 radical (unpaired) electrons. The molecule has 88 valence electrons. The zero-order chi connectivity index (χ0) is 11.1. The molecule has 1 aliphatic rings. The second-order valence-electron chi connectivity index (χ2n) is 4.50. The summed E-state index contributed by atoms with van der Waals surface area (Å²) in [6.45, 7) is 3.09. The average molecular weight is 212 g/mol. The van der Waals surface area contributed by atoms with Crippen LogP contribution in [-0.4, -0.2) is 25.1 Å². The zero-order valence-electron chi connectivity index (χ0n) is 9.65. The summed E-state index contributed by atoms with van der Waals surface area (Å²) >= 11 is 0. The Morgan fingerprint density at radius 1 is 1.47 bits per heavy atom. The lowest BCUT2D eigenvalue weighted by molar-refractivity contribution is 0.366. The number of nitrogens with two attached hydrogens (primary N) is 2. The van der Waals surface area contributed by atoms with Crippen LogP contribution in [0.15, 0.2) is 4.99 Å². The molecule has 5 N–H and O–H groups in total. The van der Waals surface area contributed by atoms with E-state index in [1.165, 1.54) is 19.3 Å². The van der Waals surface area contributed by atoms with Gasteiger partial charge >= 0.3 is 0 Å². The summed E-state index contributed by atoms with van der Waals surface area (Å²) in [6, 6.07) is 0.434. The Hall–Kier alpha value is -0.450. The van der Waals surface area contributed by atoms with Crippen molar-refractivity contribution in [1.29, 1.82) is 0 Å². The lowest BCUT2D eigenvalue weighted by Crippen LogP contribution is -2.47. The van der Waals surface area contributed by atoms with E-state index in [4.69, 9.17) is 11.5 Å². The van der Waals surface area contributed by atoms with Gasteiger partial charge in [-0.15, -0.1) is 0 Å². The van der Waals surface area contributed by atoms with Gasteiger partial charge in [0.05, 0.1) is 0 Å². The van der Waals surface area contributed by atoms with Crippen molar-refractivity contribution >= 4 is 6.21 Å². The van der Waals surface area contributed by atoms with Gasteiger partial charge < -0.3 is 11.5 Å². The van der Waals surface area contributed by atoms with E-state index in [0.717, 1.165) is 19.4 Å². The molecule has 0 fully saturated rings. The first-order valence-electron chi connectivity index (χ1n) is 5.94. The number of nitrogens with zero attached hydrogens (tertiary/aromatic N) is 1. The molecule has 0 amide bonds. The molecule has 4 heteroatoms. The minimum absolute atomic E-state index is 0.392. The molecule has 2 atom stereocenters. The van der Waals surface area contributed by atoms with E-state index in [1.54, 1.807) is 0 Å². The Bertz CT molecular complexity index is 191. The van der Waals surface area contributed by atoms with Gasteiger partial charge in [-0.05, 0) is 44.7 Å². The van der Waals surface area contributed by atoms with E-state index in [9.17, 15) is 0 Å². The van der Waals surface area contributed by atoms with Crippen molar-refractivity contribution in [2.45, 2.75) is 51.4 Å². The van der Waals surface area contributed by atoms with Gasteiger partial charge in [-0.3, -0.25) is 10.3 Å². The molecule has 0 spiro atoms. The van der Waals surface area contributed by atoms with E-state index in [2.05, 4.69) is 23.4 Å². The van der Waals surface area contributed by atoms with Gasteiger partial charge in [-0.2, -0.15) is 0 Å². The molecule has 0 aromatic carbocycles. The topological polar surface area (TPSA) is 76.4 Å². The first-order chi connectivity index (χ1) is 7.18. The fraction of sp³-hybridized carbons (Fsp3) is 0.909. The number of aliphatic imine (C=N–C) groups is 1. The van der Waals surface area contributed by atoms with Crippen molar-refractivity contribution in [3.05, 3.63) is 0 Å². The van der Waals surface area contributed by atoms with E-state index < -0.39 is 6.29 Å². The van der Waals surface area contributed by atoms with Crippen molar-refractivity contribution in [3.8, 4) is 0 Å². The first kappa shape index (κ1) is 12.6. The predicted molar refractivity (Wildman–Crippen MR) is 64.7 cm³/mol. The number of hydrogen-bond donors (Lipinski definition) is 3. The summed E-state index contributed by atoms with van der Waals surface area (Å²) in [5.41, 5.74) is 11.0. The SMILES string of the molecule is CC1CC(CNC(N)N)CCCCC=N1. The van der Waals surface area contributed by atoms with Gasteiger partial charge in [0, 0.05) is 12.6 Å². The second-order valence-corrected chi connectivity index (χ2v) is 4.50. The highest BCUT2D eigenvalue weighted by molar-refractivity contribution is 5.57. The monoisotopic (exact) mass is 212 g/mol. The van der Waals surface area contributed by atoms with Gasteiger partial charge in [0.1, 0.15) is 6.29 Å². The highest BCUT2D eigenvalue weighted by atomic mass is 15.1.